The van der Waals surface area contributed by atoms with Crippen molar-refractivity contribution in [3.05, 3.63) is 65.1 Å². The van der Waals surface area contributed by atoms with Gasteiger partial charge >= 0.3 is 0 Å². The fourth-order valence-corrected chi connectivity index (χ4v) is 3.56. The molecule has 0 radical (unpaired) electrons. The van der Waals surface area contributed by atoms with Crippen molar-refractivity contribution < 1.29 is 9.13 Å². The predicted octanol–water partition coefficient (Wildman–Crippen LogP) is 4.73. The lowest BCUT2D eigenvalue weighted by Crippen LogP contribution is -2.18. The summed E-state index contributed by atoms with van der Waals surface area (Å²) in [5, 5.41) is 9.81. The van der Waals surface area contributed by atoms with E-state index in [-0.39, 0.29) is 12.4 Å². The second kappa shape index (κ2) is 7.24. The molecule has 2 aromatic carbocycles. The van der Waals surface area contributed by atoms with Crippen molar-refractivity contribution >= 4 is 16.6 Å². The third-order valence-corrected chi connectivity index (χ3v) is 4.87. The molecule has 4 nitrogen and oxygen atoms in total. The van der Waals surface area contributed by atoms with Crippen molar-refractivity contribution in [3.8, 4) is 11.8 Å². The monoisotopic (exact) mass is 361 g/mol. The van der Waals surface area contributed by atoms with Gasteiger partial charge in [-0.15, -0.1) is 0 Å². The number of pyridine rings is 1. The minimum Gasteiger partial charge on any atom is -0.486 e. The van der Waals surface area contributed by atoms with Crippen LogP contribution in [-0.2, 0) is 6.61 Å². The molecule has 0 saturated carbocycles. The number of nitrogens with zero attached hydrogens (tertiary/aromatic N) is 3. The Morgan fingerprint density at radius 1 is 1.19 bits per heavy atom. The molecule has 1 aromatic heterocycles. The number of aryl methyl sites for hydroxylation is 1. The largest absolute Gasteiger partial charge is 0.486 e. The van der Waals surface area contributed by atoms with Crippen LogP contribution in [0.3, 0.4) is 0 Å². The molecule has 0 N–H and O–H groups in total. The highest BCUT2D eigenvalue weighted by Crippen LogP contribution is 2.33. The molecule has 0 aliphatic carbocycles. The Bertz CT molecular complexity index is 1040. The van der Waals surface area contributed by atoms with Gasteiger partial charge in [-0.25, -0.2) is 4.39 Å². The number of halogens is 1. The first-order chi connectivity index (χ1) is 13.1. The maximum absolute atomic E-state index is 14.7. The van der Waals surface area contributed by atoms with Crippen LogP contribution in [0.1, 0.15) is 29.7 Å². The van der Waals surface area contributed by atoms with Crippen LogP contribution in [0.15, 0.2) is 42.5 Å². The maximum atomic E-state index is 14.7. The van der Waals surface area contributed by atoms with E-state index >= 15 is 0 Å². The average molecular weight is 361 g/mol. The quantitative estimate of drug-likeness (QED) is 0.674. The summed E-state index contributed by atoms with van der Waals surface area (Å²) in [5.74, 6) is -0.222. The van der Waals surface area contributed by atoms with Crippen molar-refractivity contribution in [3.63, 3.8) is 0 Å². The van der Waals surface area contributed by atoms with E-state index in [4.69, 9.17) is 10.00 Å². The molecule has 1 aliphatic rings. The molecular formula is C22H20FN3O. The van der Waals surface area contributed by atoms with Gasteiger partial charge in [0.15, 0.2) is 11.6 Å². The van der Waals surface area contributed by atoms with Gasteiger partial charge in [0.05, 0.1) is 17.1 Å². The molecule has 0 amide bonds. The lowest BCUT2D eigenvalue weighted by molar-refractivity contribution is 0.291. The third-order valence-electron chi connectivity index (χ3n) is 4.87. The van der Waals surface area contributed by atoms with E-state index in [9.17, 15) is 4.39 Å². The lowest BCUT2D eigenvalue weighted by Gasteiger charge is -2.20. The first-order valence-corrected chi connectivity index (χ1v) is 9.12. The Kier molecular flexibility index (Phi) is 4.64. The molecule has 27 heavy (non-hydrogen) atoms. The minimum atomic E-state index is -0.398. The lowest BCUT2D eigenvalue weighted by atomic mass is 10.1. The number of fused-ring (bicyclic) bond motifs is 1. The van der Waals surface area contributed by atoms with Gasteiger partial charge in [-0.2, -0.15) is 5.26 Å². The Balaban J connectivity index is 1.66. The van der Waals surface area contributed by atoms with Crippen molar-refractivity contribution in [2.45, 2.75) is 26.4 Å². The van der Waals surface area contributed by atoms with Crippen molar-refractivity contribution in [2.24, 2.45) is 0 Å². The van der Waals surface area contributed by atoms with Gasteiger partial charge in [0, 0.05) is 35.9 Å². The van der Waals surface area contributed by atoms with Crippen LogP contribution < -0.4 is 9.64 Å². The molecule has 1 fully saturated rings. The average Bonchev–Trinajstić information content (AvgIpc) is 3.21. The molecule has 5 heteroatoms. The summed E-state index contributed by atoms with van der Waals surface area (Å²) in [6.07, 6.45) is 2.32. The highest BCUT2D eigenvalue weighted by molar-refractivity contribution is 5.93. The number of hydrogen-bond acceptors (Lipinski definition) is 4. The van der Waals surface area contributed by atoms with Crippen LogP contribution >= 0.6 is 0 Å². The SMILES string of the molecule is Cc1cc(N2CCCC2)c2cc(F)c(OCc3cccc(C#N)c3)cc2n1. The molecule has 1 saturated heterocycles. The fourth-order valence-electron chi connectivity index (χ4n) is 3.56. The number of aromatic nitrogens is 1. The first kappa shape index (κ1) is 17.3. The molecule has 2 heterocycles. The number of benzene rings is 2. The minimum absolute atomic E-state index is 0.176. The molecular weight excluding hydrogens is 341 g/mol. The zero-order chi connectivity index (χ0) is 18.8. The Hall–Kier alpha value is -3.13. The summed E-state index contributed by atoms with van der Waals surface area (Å²) in [6.45, 7) is 4.14. The highest BCUT2D eigenvalue weighted by Gasteiger charge is 2.18. The summed E-state index contributed by atoms with van der Waals surface area (Å²) in [4.78, 5) is 6.87. The summed E-state index contributed by atoms with van der Waals surface area (Å²) < 4.78 is 20.4. The van der Waals surface area contributed by atoms with Gasteiger partial charge in [0.25, 0.3) is 0 Å². The van der Waals surface area contributed by atoms with Crippen LogP contribution in [0.25, 0.3) is 10.9 Å². The van der Waals surface area contributed by atoms with E-state index in [0.717, 1.165) is 53.8 Å². The van der Waals surface area contributed by atoms with E-state index in [2.05, 4.69) is 16.0 Å². The first-order valence-electron chi connectivity index (χ1n) is 9.12. The fraction of sp³-hybridized carbons (Fsp3) is 0.273. The van der Waals surface area contributed by atoms with Crippen molar-refractivity contribution in [2.75, 3.05) is 18.0 Å². The number of anilines is 1. The van der Waals surface area contributed by atoms with E-state index < -0.39 is 5.82 Å². The molecule has 0 atom stereocenters. The maximum Gasteiger partial charge on any atom is 0.165 e. The highest BCUT2D eigenvalue weighted by atomic mass is 19.1. The standard InChI is InChI=1S/C22H20FN3O/c1-15-9-21(26-7-2-3-8-26)18-11-19(23)22(12-20(18)25-15)27-14-17-6-4-5-16(10-17)13-24/h4-6,9-12H,2-3,7-8,14H2,1H3. The Morgan fingerprint density at radius 3 is 2.78 bits per heavy atom. The number of nitriles is 1. The van der Waals surface area contributed by atoms with E-state index in [0.29, 0.717) is 5.56 Å². The Morgan fingerprint density at radius 2 is 2.00 bits per heavy atom. The summed E-state index contributed by atoms with van der Waals surface area (Å²) in [5.41, 5.74) is 4.07. The van der Waals surface area contributed by atoms with Gasteiger partial charge in [0.2, 0.25) is 0 Å². The molecule has 0 unspecified atom stereocenters. The molecule has 4 rings (SSSR count). The van der Waals surface area contributed by atoms with E-state index in [1.165, 1.54) is 6.07 Å². The predicted molar refractivity (Wildman–Crippen MR) is 103 cm³/mol. The number of rotatable bonds is 4. The van der Waals surface area contributed by atoms with Crippen LogP contribution in [0.5, 0.6) is 5.75 Å². The molecule has 3 aromatic rings. The third kappa shape index (κ3) is 3.56. The molecule has 0 bridgehead atoms. The van der Waals surface area contributed by atoms with Crippen molar-refractivity contribution in [1.82, 2.24) is 4.98 Å². The van der Waals surface area contributed by atoms with Gasteiger partial charge in [-0.1, -0.05) is 12.1 Å². The topological polar surface area (TPSA) is 49.1 Å². The second-order valence-electron chi connectivity index (χ2n) is 6.88. The van der Waals surface area contributed by atoms with Crippen LogP contribution in [0, 0.1) is 24.1 Å². The summed E-state index contributed by atoms with van der Waals surface area (Å²) in [7, 11) is 0. The van der Waals surface area contributed by atoms with Gasteiger partial charge in [0.1, 0.15) is 6.61 Å². The van der Waals surface area contributed by atoms with Crippen molar-refractivity contribution in [1.29, 1.82) is 5.26 Å². The molecule has 136 valence electrons. The Labute approximate surface area is 157 Å². The molecule has 1 aliphatic heterocycles. The normalized spacial score (nSPS) is 13.7. The van der Waals surface area contributed by atoms with Crippen LogP contribution in [-0.4, -0.2) is 18.1 Å². The summed E-state index contributed by atoms with van der Waals surface area (Å²) in [6, 6.07) is 14.4. The van der Waals surface area contributed by atoms with Crippen LogP contribution in [0.2, 0.25) is 0 Å². The number of hydrogen-bond donors (Lipinski definition) is 0. The van der Waals surface area contributed by atoms with Gasteiger partial charge < -0.3 is 9.64 Å². The van der Waals surface area contributed by atoms with Crippen LogP contribution in [0.4, 0.5) is 10.1 Å². The van der Waals surface area contributed by atoms with Gasteiger partial charge in [-0.05, 0) is 49.6 Å². The van der Waals surface area contributed by atoms with E-state index in [1.807, 2.05) is 19.1 Å². The number of ether oxygens (including phenoxy) is 1. The zero-order valence-corrected chi connectivity index (χ0v) is 15.2. The zero-order valence-electron chi connectivity index (χ0n) is 15.2. The van der Waals surface area contributed by atoms with Gasteiger partial charge in [-0.3, -0.25) is 4.98 Å². The smallest absolute Gasteiger partial charge is 0.165 e. The second-order valence-corrected chi connectivity index (χ2v) is 6.88. The molecule has 0 spiro atoms. The summed E-state index contributed by atoms with van der Waals surface area (Å²) >= 11 is 0. The van der Waals surface area contributed by atoms with E-state index in [1.54, 1.807) is 24.3 Å².